The van der Waals surface area contributed by atoms with E-state index in [4.69, 9.17) is 14.7 Å². The van der Waals surface area contributed by atoms with E-state index in [1.54, 1.807) is 29.4 Å². The van der Waals surface area contributed by atoms with E-state index in [9.17, 15) is 4.79 Å². The average Bonchev–Trinajstić information content (AvgIpc) is 3.21. The molecule has 1 amide bonds. The largest absolute Gasteiger partial charge is 0.495 e. The Morgan fingerprint density at radius 1 is 1.41 bits per heavy atom. The number of methoxy groups -OCH3 is 1. The molecule has 1 aliphatic rings. The first-order valence-electron chi connectivity index (χ1n) is 9.01. The number of fused-ring (bicyclic) bond motifs is 1. The van der Waals surface area contributed by atoms with Gasteiger partial charge in [0.15, 0.2) is 0 Å². The molecule has 1 aliphatic heterocycles. The molecule has 1 saturated heterocycles. The van der Waals surface area contributed by atoms with Gasteiger partial charge in [0, 0.05) is 16.6 Å². The number of ether oxygens (including phenoxy) is 2. The third-order valence-electron chi connectivity index (χ3n) is 4.40. The molecule has 1 aromatic heterocycles. The van der Waals surface area contributed by atoms with Crippen LogP contribution in [0.3, 0.4) is 0 Å². The number of likely N-dealkylation sites (tertiary alicyclic amines) is 1. The number of carbonyl (C=O) groups is 1. The predicted octanol–water partition coefficient (Wildman–Crippen LogP) is 5.19. The maximum absolute atomic E-state index is 12.4. The van der Waals surface area contributed by atoms with E-state index in [0.717, 1.165) is 33.6 Å². The first-order chi connectivity index (χ1) is 12.8. The molecule has 2 aromatic rings. The summed E-state index contributed by atoms with van der Waals surface area (Å²) in [5.74, 6) is 0.803. The van der Waals surface area contributed by atoms with Crippen LogP contribution in [0.2, 0.25) is 0 Å². The number of carbonyl (C=O) groups excluding carboxylic acids is 1. The molecule has 0 radical (unpaired) electrons. The van der Waals surface area contributed by atoms with Crippen molar-refractivity contribution in [2.45, 2.75) is 45.3 Å². The van der Waals surface area contributed by atoms with Crippen molar-refractivity contribution in [1.82, 2.24) is 4.90 Å². The van der Waals surface area contributed by atoms with E-state index in [0.29, 0.717) is 12.1 Å². The number of benzene rings is 1. The van der Waals surface area contributed by atoms with Crippen LogP contribution in [0.15, 0.2) is 24.3 Å². The summed E-state index contributed by atoms with van der Waals surface area (Å²) in [6, 6.07) is 7.78. The fourth-order valence-corrected chi connectivity index (χ4v) is 4.35. The average molecular weight is 385 g/mol. The standard InChI is InChI=1S/C21H24N2O3S/c1-21(2,3)26-20(24)23-11-5-6-15(23)8-10-17-19(25-4)16-9-7-14(13-22)12-18(16)27-17/h7-10,12,15H,5-6,11H2,1-4H3/t15-/m0/s1. The quantitative estimate of drug-likeness (QED) is 0.730. The van der Waals surface area contributed by atoms with Gasteiger partial charge in [0.2, 0.25) is 0 Å². The lowest BCUT2D eigenvalue weighted by Gasteiger charge is -2.27. The first-order valence-corrected chi connectivity index (χ1v) is 9.82. The minimum Gasteiger partial charge on any atom is -0.495 e. The van der Waals surface area contributed by atoms with Crippen LogP contribution in [-0.2, 0) is 4.74 Å². The number of nitrogens with zero attached hydrogens (tertiary/aromatic N) is 2. The molecule has 0 saturated carbocycles. The first kappa shape index (κ1) is 19.2. The topological polar surface area (TPSA) is 62.6 Å². The number of amides is 1. The van der Waals surface area contributed by atoms with Crippen LogP contribution in [0.25, 0.3) is 16.2 Å². The molecule has 0 N–H and O–H groups in total. The molecular weight excluding hydrogens is 360 g/mol. The molecule has 0 unspecified atom stereocenters. The maximum Gasteiger partial charge on any atom is 0.410 e. The van der Waals surface area contributed by atoms with Crippen molar-refractivity contribution in [2.24, 2.45) is 0 Å². The molecule has 3 rings (SSSR count). The van der Waals surface area contributed by atoms with Crippen LogP contribution in [-0.4, -0.2) is 36.3 Å². The van der Waals surface area contributed by atoms with Crippen molar-refractivity contribution in [3.05, 3.63) is 34.7 Å². The number of rotatable bonds is 3. The van der Waals surface area contributed by atoms with Crippen molar-refractivity contribution in [1.29, 1.82) is 5.26 Å². The lowest BCUT2D eigenvalue weighted by atomic mass is 10.1. The van der Waals surface area contributed by atoms with Gasteiger partial charge in [-0.2, -0.15) is 5.26 Å². The molecule has 27 heavy (non-hydrogen) atoms. The van der Waals surface area contributed by atoms with Crippen molar-refractivity contribution < 1.29 is 14.3 Å². The molecule has 2 heterocycles. The molecule has 0 bridgehead atoms. The Hall–Kier alpha value is -2.52. The van der Waals surface area contributed by atoms with Gasteiger partial charge < -0.3 is 14.4 Å². The second-order valence-corrected chi connectivity index (χ2v) is 8.65. The number of hydrogen-bond acceptors (Lipinski definition) is 5. The highest BCUT2D eigenvalue weighted by atomic mass is 32.1. The van der Waals surface area contributed by atoms with Gasteiger partial charge >= 0.3 is 6.09 Å². The second kappa shape index (κ2) is 7.61. The Balaban J connectivity index is 1.84. The smallest absolute Gasteiger partial charge is 0.410 e. The van der Waals surface area contributed by atoms with E-state index >= 15 is 0 Å². The Bertz CT molecular complexity index is 918. The molecule has 1 aromatic carbocycles. The lowest BCUT2D eigenvalue weighted by Crippen LogP contribution is -2.39. The molecule has 142 valence electrons. The summed E-state index contributed by atoms with van der Waals surface area (Å²) in [4.78, 5) is 15.2. The fraction of sp³-hybridized carbons (Fsp3) is 0.429. The van der Waals surface area contributed by atoms with Crippen LogP contribution >= 0.6 is 11.3 Å². The molecular formula is C21H24N2O3S. The van der Waals surface area contributed by atoms with E-state index in [1.165, 1.54) is 0 Å². The van der Waals surface area contributed by atoms with Crippen molar-refractivity contribution in [2.75, 3.05) is 13.7 Å². The molecule has 1 atom stereocenters. The van der Waals surface area contributed by atoms with Crippen LogP contribution in [0.5, 0.6) is 5.75 Å². The lowest BCUT2D eigenvalue weighted by molar-refractivity contribution is 0.0256. The zero-order chi connectivity index (χ0) is 19.6. The Labute approximate surface area is 163 Å². The summed E-state index contributed by atoms with van der Waals surface area (Å²) >= 11 is 1.58. The minimum atomic E-state index is -0.499. The Morgan fingerprint density at radius 2 is 2.19 bits per heavy atom. The van der Waals surface area contributed by atoms with Gasteiger partial charge in [-0.05, 0) is 57.9 Å². The van der Waals surface area contributed by atoms with E-state index in [-0.39, 0.29) is 12.1 Å². The molecule has 0 spiro atoms. The molecule has 5 nitrogen and oxygen atoms in total. The highest BCUT2D eigenvalue weighted by Crippen LogP contribution is 2.39. The van der Waals surface area contributed by atoms with Gasteiger partial charge in [-0.25, -0.2) is 4.79 Å². The van der Waals surface area contributed by atoms with Gasteiger partial charge in [0.25, 0.3) is 0 Å². The maximum atomic E-state index is 12.4. The normalized spacial score (nSPS) is 17.4. The van der Waals surface area contributed by atoms with Crippen LogP contribution in [0.4, 0.5) is 4.79 Å². The number of nitriles is 1. The number of thiophene rings is 1. The summed E-state index contributed by atoms with van der Waals surface area (Å²) in [6.07, 6.45) is 5.68. The van der Waals surface area contributed by atoms with Crippen molar-refractivity contribution in [3.63, 3.8) is 0 Å². The highest BCUT2D eigenvalue weighted by molar-refractivity contribution is 7.20. The predicted molar refractivity (Wildman–Crippen MR) is 108 cm³/mol. The zero-order valence-electron chi connectivity index (χ0n) is 16.1. The van der Waals surface area contributed by atoms with Crippen LogP contribution in [0.1, 0.15) is 44.1 Å². The van der Waals surface area contributed by atoms with Gasteiger partial charge in [0.1, 0.15) is 11.4 Å². The van der Waals surface area contributed by atoms with E-state index < -0.39 is 5.60 Å². The van der Waals surface area contributed by atoms with Crippen molar-refractivity contribution in [3.8, 4) is 11.8 Å². The van der Waals surface area contributed by atoms with Crippen molar-refractivity contribution >= 4 is 33.6 Å². The van der Waals surface area contributed by atoms with Gasteiger partial charge in [-0.3, -0.25) is 0 Å². The second-order valence-electron chi connectivity index (χ2n) is 7.56. The van der Waals surface area contributed by atoms with Crippen LogP contribution in [0, 0.1) is 11.3 Å². The SMILES string of the molecule is COc1c(C=C[C@@H]2CCCN2C(=O)OC(C)(C)C)sc2cc(C#N)ccc12. The Kier molecular flexibility index (Phi) is 5.43. The third kappa shape index (κ3) is 4.25. The zero-order valence-corrected chi connectivity index (χ0v) is 16.9. The molecule has 1 fully saturated rings. The van der Waals surface area contributed by atoms with Gasteiger partial charge in [0.05, 0.1) is 29.7 Å². The summed E-state index contributed by atoms with van der Waals surface area (Å²) in [7, 11) is 1.65. The van der Waals surface area contributed by atoms with E-state index in [1.807, 2.05) is 39.0 Å². The summed E-state index contributed by atoms with van der Waals surface area (Å²) in [5.41, 5.74) is 0.134. The monoisotopic (exact) mass is 384 g/mol. The minimum absolute atomic E-state index is 0.0180. The summed E-state index contributed by atoms with van der Waals surface area (Å²) in [5, 5.41) is 10.1. The van der Waals surface area contributed by atoms with E-state index in [2.05, 4.69) is 12.1 Å². The fourth-order valence-electron chi connectivity index (χ4n) is 3.22. The highest BCUT2D eigenvalue weighted by Gasteiger charge is 2.30. The molecule has 0 aliphatic carbocycles. The molecule has 6 heteroatoms. The van der Waals surface area contributed by atoms with Gasteiger partial charge in [-0.1, -0.05) is 6.08 Å². The van der Waals surface area contributed by atoms with Gasteiger partial charge in [-0.15, -0.1) is 11.3 Å². The number of hydrogen-bond donors (Lipinski definition) is 0. The van der Waals surface area contributed by atoms with Crippen LogP contribution < -0.4 is 4.74 Å². The summed E-state index contributed by atoms with van der Waals surface area (Å²) < 4.78 is 12.1. The Morgan fingerprint density at radius 3 is 2.85 bits per heavy atom. The summed E-state index contributed by atoms with van der Waals surface area (Å²) in [6.45, 7) is 6.34. The third-order valence-corrected chi connectivity index (χ3v) is 5.50.